The summed E-state index contributed by atoms with van der Waals surface area (Å²) in [4.78, 5) is 25.2. The van der Waals surface area contributed by atoms with E-state index < -0.39 is 5.97 Å². The average Bonchev–Trinajstić information content (AvgIpc) is 2.45. The lowest BCUT2D eigenvalue weighted by Crippen LogP contribution is -2.45. The van der Waals surface area contributed by atoms with Crippen molar-refractivity contribution < 1.29 is 14.7 Å². The fourth-order valence-corrected chi connectivity index (χ4v) is 2.73. The van der Waals surface area contributed by atoms with E-state index >= 15 is 0 Å². The maximum absolute atomic E-state index is 12.7. The Morgan fingerprint density at radius 3 is 2.57 bits per heavy atom. The number of aryl methyl sites for hydroxylation is 1. The topological polar surface area (TPSA) is 69.6 Å². The molecule has 1 amide bonds. The molecule has 0 saturated carbocycles. The molecule has 1 saturated heterocycles. The molecule has 2 atom stereocenters. The molecular formula is C16H22N2O3. The monoisotopic (exact) mass is 290 g/mol. The van der Waals surface area contributed by atoms with Crippen molar-refractivity contribution >= 4 is 17.6 Å². The van der Waals surface area contributed by atoms with Gasteiger partial charge in [0.15, 0.2) is 0 Å². The quantitative estimate of drug-likeness (QED) is 0.887. The van der Waals surface area contributed by atoms with Gasteiger partial charge in [-0.05, 0) is 45.4 Å². The van der Waals surface area contributed by atoms with Crippen LogP contribution < -0.4 is 10.2 Å². The zero-order chi connectivity index (χ0) is 15.4. The van der Waals surface area contributed by atoms with E-state index in [2.05, 4.69) is 5.32 Å². The Kier molecular flexibility index (Phi) is 4.96. The van der Waals surface area contributed by atoms with E-state index in [1.165, 1.54) is 4.90 Å². The van der Waals surface area contributed by atoms with Crippen LogP contribution in [0.25, 0.3) is 0 Å². The maximum atomic E-state index is 12.7. The number of benzene rings is 1. The molecule has 1 fully saturated rings. The molecule has 1 aromatic rings. The average molecular weight is 290 g/mol. The van der Waals surface area contributed by atoms with Crippen LogP contribution >= 0.6 is 0 Å². The Bertz CT molecular complexity index is 513. The molecule has 0 aliphatic carbocycles. The number of nitrogens with one attached hydrogen (secondary N) is 1. The summed E-state index contributed by atoms with van der Waals surface area (Å²) in [6.07, 6.45) is 1.51. The largest absolute Gasteiger partial charge is 0.480 e. The third kappa shape index (κ3) is 4.04. The van der Waals surface area contributed by atoms with E-state index in [9.17, 15) is 9.59 Å². The van der Waals surface area contributed by atoms with Gasteiger partial charge < -0.3 is 15.3 Å². The number of nitrogens with zero attached hydrogens (tertiary/aromatic N) is 1. The summed E-state index contributed by atoms with van der Waals surface area (Å²) < 4.78 is 0. The van der Waals surface area contributed by atoms with Crippen LogP contribution in [-0.4, -0.2) is 36.1 Å². The molecule has 0 radical (unpaired) electrons. The highest BCUT2D eigenvalue weighted by molar-refractivity contribution is 5.98. The molecule has 1 aliphatic rings. The van der Waals surface area contributed by atoms with Gasteiger partial charge in [0.25, 0.3) is 0 Å². The second-order valence-corrected chi connectivity index (χ2v) is 5.73. The van der Waals surface area contributed by atoms with Crippen LogP contribution in [0.15, 0.2) is 24.3 Å². The third-order valence-corrected chi connectivity index (χ3v) is 3.88. The second kappa shape index (κ2) is 6.72. The lowest BCUT2D eigenvalue weighted by Gasteiger charge is -2.31. The molecule has 1 heterocycles. The molecular weight excluding hydrogens is 268 g/mol. The molecule has 21 heavy (non-hydrogen) atoms. The minimum absolute atomic E-state index is 0.0883. The molecule has 5 heteroatoms. The molecule has 1 aliphatic heterocycles. The summed E-state index contributed by atoms with van der Waals surface area (Å²) in [5.41, 5.74) is 1.73. The fourth-order valence-electron chi connectivity index (χ4n) is 2.73. The molecule has 2 unspecified atom stereocenters. The van der Waals surface area contributed by atoms with Crippen LogP contribution in [0.1, 0.15) is 25.3 Å². The van der Waals surface area contributed by atoms with Crippen LogP contribution in [0, 0.1) is 12.8 Å². The van der Waals surface area contributed by atoms with E-state index in [1.54, 1.807) is 12.1 Å². The number of aliphatic carboxylic acids is 1. The van der Waals surface area contributed by atoms with Gasteiger partial charge in [-0.25, -0.2) is 0 Å². The first-order valence-electron chi connectivity index (χ1n) is 7.30. The van der Waals surface area contributed by atoms with Gasteiger partial charge in [-0.2, -0.15) is 0 Å². The predicted molar refractivity (Wildman–Crippen MR) is 81.4 cm³/mol. The SMILES string of the molecule is Cc1ccc(N(CC(=O)O)C(=O)C2CCNC(C)C2)cc1. The minimum Gasteiger partial charge on any atom is -0.480 e. The lowest BCUT2D eigenvalue weighted by atomic mass is 9.91. The highest BCUT2D eigenvalue weighted by atomic mass is 16.4. The summed E-state index contributed by atoms with van der Waals surface area (Å²) in [7, 11) is 0. The zero-order valence-electron chi connectivity index (χ0n) is 12.5. The van der Waals surface area contributed by atoms with Gasteiger partial charge in [-0.1, -0.05) is 17.7 Å². The molecule has 0 spiro atoms. The number of carbonyl (C=O) groups excluding carboxylic acids is 1. The third-order valence-electron chi connectivity index (χ3n) is 3.88. The second-order valence-electron chi connectivity index (χ2n) is 5.73. The summed E-state index contributed by atoms with van der Waals surface area (Å²) in [5.74, 6) is -1.19. The predicted octanol–water partition coefficient (Wildman–Crippen LogP) is 1.80. The number of hydrogen-bond donors (Lipinski definition) is 2. The number of amides is 1. The normalized spacial score (nSPS) is 21.8. The number of rotatable bonds is 4. The maximum Gasteiger partial charge on any atom is 0.323 e. The fraction of sp³-hybridized carbons (Fsp3) is 0.500. The van der Waals surface area contributed by atoms with Gasteiger partial charge in [0.05, 0.1) is 0 Å². The Morgan fingerprint density at radius 1 is 1.33 bits per heavy atom. The highest BCUT2D eigenvalue weighted by Gasteiger charge is 2.30. The van der Waals surface area contributed by atoms with Crippen molar-refractivity contribution in [1.29, 1.82) is 0 Å². The van der Waals surface area contributed by atoms with Gasteiger partial charge in [0, 0.05) is 17.6 Å². The van der Waals surface area contributed by atoms with Crippen LogP contribution in [0.2, 0.25) is 0 Å². The van der Waals surface area contributed by atoms with E-state index in [0.29, 0.717) is 5.69 Å². The number of carboxylic acids is 1. The van der Waals surface area contributed by atoms with Gasteiger partial charge in [0.2, 0.25) is 5.91 Å². The van der Waals surface area contributed by atoms with Gasteiger partial charge in [0.1, 0.15) is 6.54 Å². The number of carbonyl (C=O) groups is 2. The van der Waals surface area contributed by atoms with Crippen molar-refractivity contribution in [2.75, 3.05) is 18.0 Å². The molecule has 5 nitrogen and oxygen atoms in total. The van der Waals surface area contributed by atoms with E-state index in [-0.39, 0.29) is 24.4 Å². The summed E-state index contributed by atoms with van der Waals surface area (Å²) in [6, 6.07) is 7.68. The Labute approximate surface area is 125 Å². The smallest absolute Gasteiger partial charge is 0.323 e. The van der Waals surface area contributed by atoms with Gasteiger partial charge in [-0.3, -0.25) is 9.59 Å². The Balaban J connectivity index is 2.20. The van der Waals surface area contributed by atoms with Crippen molar-refractivity contribution in [2.24, 2.45) is 5.92 Å². The number of hydrogen-bond acceptors (Lipinski definition) is 3. The zero-order valence-corrected chi connectivity index (χ0v) is 12.5. The van der Waals surface area contributed by atoms with Crippen LogP contribution in [0.4, 0.5) is 5.69 Å². The first-order chi connectivity index (χ1) is 9.97. The lowest BCUT2D eigenvalue weighted by molar-refractivity contribution is -0.137. The molecule has 0 aromatic heterocycles. The summed E-state index contributed by atoms with van der Waals surface area (Å²) >= 11 is 0. The van der Waals surface area contributed by atoms with Crippen molar-refractivity contribution in [3.05, 3.63) is 29.8 Å². The van der Waals surface area contributed by atoms with Crippen LogP contribution in [-0.2, 0) is 9.59 Å². The van der Waals surface area contributed by atoms with Gasteiger partial charge in [-0.15, -0.1) is 0 Å². The van der Waals surface area contributed by atoms with Crippen molar-refractivity contribution in [3.63, 3.8) is 0 Å². The van der Waals surface area contributed by atoms with Gasteiger partial charge >= 0.3 is 5.97 Å². The highest BCUT2D eigenvalue weighted by Crippen LogP contribution is 2.23. The molecule has 1 aromatic carbocycles. The van der Waals surface area contributed by atoms with E-state index in [0.717, 1.165) is 24.9 Å². The summed E-state index contributed by atoms with van der Waals surface area (Å²) in [5, 5.41) is 12.4. The van der Waals surface area contributed by atoms with Crippen molar-refractivity contribution in [3.8, 4) is 0 Å². The number of piperidine rings is 1. The molecule has 2 N–H and O–H groups in total. The van der Waals surface area contributed by atoms with E-state index in [4.69, 9.17) is 5.11 Å². The minimum atomic E-state index is -0.995. The molecule has 0 bridgehead atoms. The van der Waals surface area contributed by atoms with Crippen molar-refractivity contribution in [1.82, 2.24) is 5.32 Å². The first-order valence-corrected chi connectivity index (χ1v) is 7.30. The molecule has 2 rings (SSSR count). The van der Waals surface area contributed by atoms with Crippen molar-refractivity contribution in [2.45, 2.75) is 32.7 Å². The van der Waals surface area contributed by atoms with E-state index in [1.807, 2.05) is 26.0 Å². The van der Waals surface area contributed by atoms with Crippen LogP contribution in [0.3, 0.4) is 0 Å². The van der Waals surface area contributed by atoms with Crippen LogP contribution in [0.5, 0.6) is 0 Å². The molecule has 114 valence electrons. The number of anilines is 1. The standard InChI is InChI=1S/C16H22N2O3/c1-11-3-5-14(6-4-11)18(10-15(19)20)16(21)13-7-8-17-12(2)9-13/h3-6,12-13,17H,7-10H2,1-2H3,(H,19,20). The first kappa shape index (κ1) is 15.5. The Morgan fingerprint density at radius 2 is 2.00 bits per heavy atom. The number of carboxylic acid groups (broad SMARTS) is 1. The Hall–Kier alpha value is -1.88. The summed E-state index contributed by atoms with van der Waals surface area (Å²) in [6.45, 7) is 4.51.